The molecule has 1 saturated heterocycles. The van der Waals surface area contributed by atoms with E-state index in [4.69, 9.17) is 9.84 Å². The van der Waals surface area contributed by atoms with Crippen LogP contribution >= 0.6 is 0 Å². The van der Waals surface area contributed by atoms with Crippen LogP contribution in [0.25, 0.3) is 0 Å². The van der Waals surface area contributed by atoms with E-state index in [1.807, 2.05) is 0 Å². The summed E-state index contributed by atoms with van der Waals surface area (Å²) < 4.78 is 5.28. The van der Waals surface area contributed by atoms with Gasteiger partial charge in [0.15, 0.2) is 0 Å². The van der Waals surface area contributed by atoms with Gasteiger partial charge in [0, 0.05) is 31.2 Å². The Kier molecular flexibility index (Phi) is 3.98. The van der Waals surface area contributed by atoms with Crippen LogP contribution in [0.3, 0.4) is 0 Å². The Balaban J connectivity index is 2.36. The number of rotatable bonds is 3. The van der Waals surface area contributed by atoms with Gasteiger partial charge in [-0.3, -0.25) is 0 Å². The van der Waals surface area contributed by atoms with Crippen molar-refractivity contribution in [2.24, 2.45) is 5.92 Å². The summed E-state index contributed by atoms with van der Waals surface area (Å²) in [6.45, 7) is 6.00. The van der Waals surface area contributed by atoms with Crippen molar-refractivity contribution in [2.45, 2.75) is 32.4 Å². The minimum Gasteiger partial charge on any atom is -0.396 e. The van der Waals surface area contributed by atoms with Crippen LogP contribution in [0.4, 0.5) is 0 Å². The molecule has 3 nitrogen and oxygen atoms in total. The fourth-order valence-electron chi connectivity index (χ4n) is 1.62. The SMILES string of the molecule is CC(C)NC1CCOCC1CO. The maximum absolute atomic E-state index is 9.05. The first-order valence-electron chi connectivity index (χ1n) is 4.68. The van der Waals surface area contributed by atoms with E-state index >= 15 is 0 Å². The lowest BCUT2D eigenvalue weighted by atomic mass is 9.96. The number of aliphatic hydroxyl groups excluding tert-OH is 1. The van der Waals surface area contributed by atoms with Gasteiger partial charge in [0.1, 0.15) is 0 Å². The lowest BCUT2D eigenvalue weighted by Crippen LogP contribution is -2.46. The predicted molar refractivity (Wildman–Crippen MR) is 48.1 cm³/mol. The Morgan fingerprint density at radius 3 is 2.92 bits per heavy atom. The van der Waals surface area contributed by atoms with Gasteiger partial charge in [-0.05, 0) is 6.42 Å². The first-order chi connectivity index (χ1) is 5.74. The molecular formula is C9H19NO2. The molecule has 2 unspecified atom stereocenters. The number of hydrogen-bond acceptors (Lipinski definition) is 3. The molecule has 1 heterocycles. The number of hydrogen-bond donors (Lipinski definition) is 2. The lowest BCUT2D eigenvalue weighted by Gasteiger charge is -2.32. The van der Waals surface area contributed by atoms with Crippen molar-refractivity contribution in [3.05, 3.63) is 0 Å². The molecule has 0 aromatic rings. The van der Waals surface area contributed by atoms with Crippen molar-refractivity contribution in [1.82, 2.24) is 5.32 Å². The van der Waals surface area contributed by atoms with E-state index in [1.54, 1.807) is 0 Å². The summed E-state index contributed by atoms with van der Waals surface area (Å²) in [4.78, 5) is 0. The molecule has 2 atom stereocenters. The second-order valence-corrected chi connectivity index (χ2v) is 3.73. The van der Waals surface area contributed by atoms with Gasteiger partial charge in [-0.1, -0.05) is 13.8 Å². The van der Waals surface area contributed by atoms with Crippen LogP contribution in [0.15, 0.2) is 0 Å². The molecule has 0 aromatic carbocycles. The van der Waals surface area contributed by atoms with Crippen molar-refractivity contribution >= 4 is 0 Å². The summed E-state index contributed by atoms with van der Waals surface area (Å²) in [6, 6.07) is 0.922. The Labute approximate surface area is 74.1 Å². The highest BCUT2D eigenvalue weighted by Gasteiger charge is 2.24. The molecule has 0 aromatic heterocycles. The molecule has 2 N–H and O–H groups in total. The van der Waals surface area contributed by atoms with Crippen LogP contribution in [0.2, 0.25) is 0 Å². The molecule has 1 aliphatic heterocycles. The number of nitrogens with one attached hydrogen (secondary N) is 1. The van der Waals surface area contributed by atoms with E-state index in [0.717, 1.165) is 13.0 Å². The summed E-state index contributed by atoms with van der Waals surface area (Å²) in [7, 11) is 0. The average Bonchev–Trinajstić information content (AvgIpc) is 2.04. The maximum atomic E-state index is 9.05. The highest BCUT2D eigenvalue weighted by molar-refractivity contribution is 4.80. The molecule has 0 saturated carbocycles. The average molecular weight is 173 g/mol. The molecule has 1 rings (SSSR count). The smallest absolute Gasteiger partial charge is 0.0531 e. The molecule has 3 heteroatoms. The third kappa shape index (κ3) is 2.73. The van der Waals surface area contributed by atoms with Crippen LogP contribution in [-0.4, -0.2) is 37.0 Å². The summed E-state index contributed by atoms with van der Waals surface area (Å²) >= 11 is 0. The van der Waals surface area contributed by atoms with Crippen LogP contribution in [-0.2, 0) is 4.74 Å². The third-order valence-electron chi connectivity index (χ3n) is 2.26. The largest absolute Gasteiger partial charge is 0.396 e. The summed E-state index contributed by atoms with van der Waals surface area (Å²) in [6.07, 6.45) is 1.02. The van der Waals surface area contributed by atoms with Gasteiger partial charge in [-0.2, -0.15) is 0 Å². The molecular weight excluding hydrogens is 154 g/mol. The minimum absolute atomic E-state index is 0.227. The van der Waals surface area contributed by atoms with Crippen molar-refractivity contribution in [2.75, 3.05) is 19.8 Å². The van der Waals surface area contributed by atoms with Crippen molar-refractivity contribution < 1.29 is 9.84 Å². The predicted octanol–water partition coefficient (Wildman–Crippen LogP) is 0.382. The maximum Gasteiger partial charge on any atom is 0.0531 e. The van der Waals surface area contributed by atoms with Gasteiger partial charge in [-0.15, -0.1) is 0 Å². The molecule has 0 amide bonds. The quantitative estimate of drug-likeness (QED) is 0.648. The van der Waals surface area contributed by atoms with Gasteiger partial charge >= 0.3 is 0 Å². The lowest BCUT2D eigenvalue weighted by molar-refractivity contribution is 0.00643. The van der Waals surface area contributed by atoms with E-state index in [9.17, 15) is 0 Å². The van der Waals surface area contributed by atoms with E-state index in [-0.39, 0.29) is 12.5 Å². The second kappa shape index (κ2) is 4.80. The van der Waals surface area contributed by atoms with E-state index in [1.165, 1.54) is 0 Å². The Bertz CT molecular complexity index is 128. The van der Waals surface area contributed by atoms with Crippen LogP contribution in [0.5, 0.6) is 0 Å². The van der Waals surface area contributed by atoms with Crippen molar-refractivity contribution in [3.8, 4) is 0 Å². The zero-order valence-corrected chi connectivity index (χ0v) is 7.92. The molecule has 1 fully saturated rings. The van der Waals surface area contributed by atoms with Gasteiger partial charge in [0.25, 0.3) is 0 Å². The molecule has 1 aliphatic rings. The highest BCUT2D eigenvalue weighted by Crippen LogP contribution is 2.14. The standard InChI is InChI=1S/C9H19NO2/c1-7(2)10-9-3-4-12-6-8(9)5-11/h7-11H,3-6H2,1-2H3. The van der Waals surface area contributed by atoms with Gasteiger partial charge in [0.2, 0.25) is 0 Å². The van der Waals surface area contributed by atoms with Crippen molar-refractivity contribution in [1.29, 1.82) is 0 Å². The van der Waals surface area contributed by atoms with E-state index in [0.29, 0.717) is 18.7 Å². The van der Waals surface area contributed by atoms with Gasteiger partial charge < -0.3 is 15.2 Å². The number of aliphatic hydroxyl groups is 1. The fraction of sp³-hybridized carbons (Fsp3) is 1.00. The van der Waals surface area contributed by atoms with E-state index < -0.39 is 0 Å². The minimum atomic E-state index is 0.227. The Morgan fingerprint density at radius 1 is 1.58 bits per heavy atom. The summed E-state index contributed by atoms with van der Waals surface area (Å²) in [5, 5.41) is 12.5. The van der Waals surface area contributed by atoms with Gasteiger partial charge in [-0.25, -0.2) is 0 Å². The Hall–Kier alpha value is -0.120. The molecule has 12 heavy (non-hydrogen) atoms. The van der Waals surface area contributed by atoms with Crippen molar-refractivity contribution in [3.63, 3.8) is 0 Å². The topological polar surface area (TPSA) is 41.5 Å². The molecule has 0 bridgehead atoms. The van der Waals surface area contributed by atoms with E-state index in [2.05, 4.69) is 19.2 Å². The van der Waals surface area contributed by atoms with Crippen LogP contribution in [0, 0.1) is 5.92 Å². The summed E-state index contributed by atoms with van der Waals surface area (Å²) in [5.41, 5.74) is 0. The monoisotopic (exact) mass is 173 g/mol. The third-order valence-corrected chi connectivity index (χ3v) is 2.26. The molecule has 0 radical (unpaired) electrons. The van der Waals surface area contributed by atoms with Crippen LogP contribution in [0.1, 0.15) is 20.3 Å². The highest BCUT2D eigenvalue weighted by atomic mass is 16.5. The zero-order valence-electron chi connectivity index (χ0n) is 7.92. The molecule has 0 aliphatic carbocycles. The summed E-state index contributed by atoms with van der Waals surface area (Å²) in [5.74, 6) is 0.279. The first kappa shape index (κ1) is 9.96. The molecule has 0 spiro atoms. The van der Waals surface area contributed by atoms with Crippen LogP contribution < -0.4 is 5.32 Å². The normalized spacial score (nSPS) is 31.0. The Morgan fingerprint density at radius 2 is 2.33 bits per heavy atom. The zero-order chi connectivity index (χ0) is 8.97. The second-order valence-electron chi connectivity index (χ2n) is 3.73. The fourth-order valence-corrected chi connectivity index (χ4v) is 1.62. The number of ether oxygens (including phenoxy) is 1. The molecule has 72 valence electrons. The first-order valence-corrected chi connectivity index (χ1v) is 4.68. The van der Waals surface area contributed by atoms with Gasteiger partial charge in [0.05, 0.1) is 6.61 Å².